The van der Waals surface area contributed by atoms with Crippen molar-refractivity contribution in [1.82, 2.24) is 20.2 Å². The van der Waals surface area contributed by atoms with Crippen LogP contribution in [-0.4, -0.2) is 46.4 Å². The second kappa shape index (κ2) is 11.8. The fourth-order valence-electron chi connectivity index (χ4n) is 6.57. The number of ether oxygens (including phenoxy) is 1. The Hall–Kier alpha value is -3.06. The Morgan fingerprint density at radius 2 is 2.00 bits per heavy atom. The lowest BCUT2D eigenvalue weighted by atomic mass is 9.81. The number of hydrogen-bond donors (Lipinski definition) is 3. The van der Waals surface area contributed by atoms with Gasteiger partial charge in [-0.3, -0.25) is 15.1 Å². The quantitative estimate of drug-likeness (QED) is 0.115. The second-order valence-corrected chi connectivity index (χ2v) is 12.5. The van der Waals surface area contributed by atoms with Crippen molar-refractivity contribution in [2.75, 3.05) is 19.5 Å². The first-order valence-electron chi connectivity index (χ1n) is 14.2. The summed E-state index contributed by atoms with van der Waals surface area (Å²) in [6.45, 7) is 10.4. The Morgan fingerprint density at radius 3 is 2.65 bits per heavy atom. The lowest BCUT2D eigenvalue weighted by molar-refractivity contribution is -0.0719. The normalized spacial score (nSPS) is 21.6. The van der Waals surface area contributed by atoms with Gasteiger partial charge in [-0.25, -0.2) is 0 Å². The summed E-state index contributed by atoms with van der Waals surface area (Å²) >= 11 is 1.53. The van der Waals surface area contributed by atoms with Crippen molar-refractivity contribution in [3.63, 3.8) is 0 Å². The van der Waals surface area contributed by atoms with Crippen LogP contribution in [0, 0.1) is 31.2 Å². The van der Waals surface area contributed by atoms with E-state index >= 15 is 0 Å². The zero-order chi connectivity index (χ0) is 28.4. The molecule has 40 heavy (non-hydrogen) atoms. The molecule has 5 rings (SSSR count). The number of nitrogens with zero attached hydrogens (tertiary/aromatic N) is 3. The van der Waals surface area contributed by atoms with Crippen LogP contribution in [0.4, 0.5) is 0 Å². The molecule has 1 saturated carbocycles. The van der Waals surface area contributed by atoms with E-state index in [2.05, 4.69) is 65.3 Å². The van der Waals surface area contributed by atoms with Crippen molar-refractivity contribution < 1.29 is 4.74 Å². The SMILES string of the molecule is CSc1cc(C)[nH]c(=O)c1CN=C(NC#N)c1c(C)n([C@H](C)C2CCC(NC3(C)COC3)CC2)c2ccccc12. The van der Waals surface area contributed by atoms with Crippen LogP contribution < -0.4 is 16.2 Å². The molecule has 2 aliphatic rings. The highest BCUT2D eigenvalue weighted by Gasteiger charge is 2.37. The highest BCUT2D eigenvalue weighted by atomic mass is 32.2. The number of benzene rings is 1. The van der Waals surface area contributed by atoms with Gasteiger partial charge < -0.3 is 19.6 Å². The predicted molar refractivity (Wildman–Crippen MR) is 162 cm³/mol. The van der Waals surface area contributed by atoms with Gasteiger partial charge in [0.05, 0.1) is 30.9 Å². The van der Waals surface area contributed by atoms with E-state index in [9.17, 15) is 10.1 Å². The van der Waals surface area contributed by atoms with Gasteiger partial charge >= 0.3 is 0 Å². The maximum atomic E-state index is 12.8. The van der Waals surface area contributed by atoms with Crippen molar-refractivity contribution in [2.45, 2.75) is 82.4 Å². The molecule has 1 saturated heterocycles. The Labute approximate surface area is 240 Å². The molecule has 1 aliphatic heterocycles. The van der Waals surface area contributed by atoms with Gasteiger partial charge in [-0.2, -0.15) is 5.26 Å². The van der Waals surface area contributed by atoms with E-state index in [4.69, 9.17) is 9.73 Å². The smallest absolute Gasteiger partial charge is 0.254 e. The van der Waals surface area contributed by atoms with Gasteiger partial charge in [-0.1, -0.05) is 18.2 Å². The number of H-pyrrole nitrogens is 1. The molecule has 212 valence electrons. The summed E-state index contributed by atoms with van der Waals surface area (Å²) in [5.41, 5.74) is 4.57. The molecular weight excluding hydrogens is 520 g/mol. The molecule has 0 amide bonds. The summed E-state index contributed by atoms with van der Waals surface area (Å²) in [6, 6.07) is 11.2. The van der Waals surface area contributed by atoms with Gasteiger partial charge in [0.2, 0.25) is 0 Å². The fourth-order valence-corrected chi connectivity index (χ4v) is 7.26. The molecule has 1 aromatic carbocycles. The average Bonchev–Trinajstić information content (AvgIpc) is 3.22. The Balaban J connectivity index is 1.45. The maximum Gasteiger partial charge on any atom is 0.254 e. The molecule has 1 aliphatic carbocycles. The van der Waals surface area contributed by atoms with Crippen LogP contribution in [0.5, 0.6) is 0 Å². The molecule has 3 N–H and O–H groups in total. The van der Waals surface area contributed by atoms with Crippen molar-refractivity contribution in [3.8, 4) is 6.19 Å². The van der Waals surface area contributed by atoms with Crippen LogP contribution in [-0.2, 0) is 11.3 Å². The number of thioether (sulfide) groups is 1. The summed E-state index contributed by atoms with van der Waals surface area (Å²) in [5.74, 6) is 1.06. The van der Waals surface area contributed by atoms with Crippen LogP contribution >= 0.6 is 11.8 Å². The van der Waals surface area contributed by atoms with E-state index in [-0.39, 0.29) is 17.6 Å². The van der Waals surface area contributed by atoms with Crippen molar-refractivity contribution in [2.24, 2.45) is 10.9 Å². The first-order chi connectivity index (χ1) is 19.2. The molecule has 0 bridgehead atoms. The van der Waals surface area contributed by atoms with Gasteiger partial charge in [0.25, 0.3) is 5.56 Å². The van der Waals surface area contributed by atoms with Gasteiger partial charge in [0.1, 0.15) is 5.84 Å². The van der Waals surface area contributed by atoms with Crippen LogP contribution in [0.2, 0.25) is 0 Å². The Morgan fingerprint density at radius 1 is 1.27 bits per heavy atom. The summed E-state index contributed by atoms with van der Waals surface area (Å²) in [4.78, 5) is 21.4. The monoisotopic (exact) mass is 560 g/mol. The van der Waals surface area contributed by atoms with Crippen molar-refractivity contribution in [3.05, 3.63) is 63.2 Å². The third-order valence-electron chi connectivity index (χ3n) is 8.67. The number of aryl methyl sites for hydroxylation is 1. The number of aliphatic imine (C=N–C) groups is 1. The number of nitrogens with one attached hydrogen (secondary N) is 3. The second-order valence-electron chi connectivity index (χ2n) is 11.6. The largest absolute Gasteiger partial charge is 0.377 e. The number of para-hydroxylation sites is 1. The van der Waals surface area contributed by atoms with Gasteiger partial charge in [-0.15, -0.1) is 11.8 Å². The van der Waals surface area contributed by atoms with E-state index in [1.54, 1.807) is 0 Å². The summed E-state index contributed by atoms with van der Waals surface area (Å²) < 4.78 is 7.87. The van der Waals surface area contributed by atoms with Gasteiger partial charge in [-0.05, 0) is 77.7 Å². The molecule has 0 radical (unpaired) electrons. The standard InChI is InChI=1S/C31H40N6O2S/c1-19-14-27(40-5)25(30(38)35-19)15-33-29(34-18-32)28-21(3)37(26-9-7-6-8-24(26)28)20(2)22-10-12-23(13-11-22)36-31(4)16-39-17-31/h6-9,14,20,22-23,36H,10-13,15-17H2,1-5H3,(H,33,34)(H,35,38)/t20-,22?,23?/m1/s1. The number of nitriles is 1. The lowest BCUT2D eigenvalue weighted by Crippen LogP contribution is -2.61. The maximum absolute atomic E-state index is 12.8. The molecular formula is C31H40N6O2S. The average molecular weight is 561 g/mol. The van der Waals surface area contributed by atoms with Gasteiger partial charge in [0.15, 0.2) is 6.19 Å². The summed E-state index contributed by atoms with van der Waals surface area (Å²) in [6.07, 6.45) is 8.72. The molecule has 9 heteroatoms. The number of aromatic amines is 1. The first kappa shape index (κ1) is 28.5. The van der Waals surface area contributed by atoms with Crippen LogP contribution in [0.1, 0.15) is 68.1 Å². The number of fused-ring (bicyclic) bond motifs is 1. The van der Waals surface area contributed by atoms with E-state index in [0.717, 1.165) is 46.0 Å². The van der Waals surface area contributed by atoms with E-state index in [0.29, 0.717) is 29.4 Å². The van der Waals surface area contributed by atoms with Crippen molar-refractivity contribution in [1.29, 1.82) is 5.26 Å². The molecule has 1 atom stereocenters. The molecule has 2 fully saturated rings. The van der Waals surface area contributed by atoms with Crippen molar-refractivity contribution >= 4 is 28.5 Å². The first-order valence-corrected chi connectivity index (χ1v) is 15.4. The Bertz CT molecular complexity index is 1500. The molecule has 3 aromatic rings. The zero-order valence-corrected chi connectivity index (χ0v) is 25.0. The van der Waals surface area contributed by atoms with Crippen LogP contribution in [0.25, 0.3) is 10.9 Å². The number of hydrogen-bond acceptors (Lipinski definition) is 6. The number of aromatic nitrogens is 2. The predicted octanol–water partition coefficient (Wildman–Crippen LogP) is 5.18. The highest BCUT2D eigenvalue weighted by molar-refractivity contribution is 7.98. The summed E-state index contributed by atoms with van der Waals surface area (Å²) in [5, 5.41) is 17.4. The van der Waals surface area contributed by atoms with E-state index < -0.39 is 0 Å². The van der Waals surface area contributed by atoms with Crippen LogP contribution in [0.3, 0.4) is 0 Å². The summed E-state index contributed by atoms with van der Waals surface area (Å²) in [7, 11) is 0. The molecule has 8 nitrogen and oxygen atoms in total. The topological polar surface area (TPSA) is 107 Å². The number of amidine groups is 1. The molecule has 2 aromatic heterocycles. The fraction of sp³-hybridized carbons (Fsp3) is 0.516. The minimum absolute atomic E-state index is 0.134. The minimum Gasteiger partial charge on any atom is -0.377 e. The molecule has 3 heterocycles. The minimum atomic E-state index is -0.138. The molecule has 0 spiro atoms. The zero-order valence-electron chi connectivity index (χ0n) is 24.1. The molecule has 0 unspecified atom stereocenters. The highest BCUT2D eigenvalue weighted by Crippen LogP contribution is 2.38. The number of rotatable bonds is 8. The Kier molecular flexibility index (Phi) is 8.41. The third kappa shape index (κ3) is 5.58. The number of pyridine rings is 1. The van der Waals surface area contributed by atoms with E-state index in [1.807, 2.05) is 25.3 Å². The van der Waals surface area contributed by atoms with Gasteiger partial charge in [0, 0.05) is 44.8 Å². The van der Waals surface area contributed by atoms with Crippen LogP contribution in [0.15, 0.2) is 45.0 Å². The lowest BCUT2D eigenvalue weighted by Gasteiger charge is -2.44. The van der Waals surface area contributed by atoms with E-state index in [1.165, 1.54) is 37.4 Å². The third-order valence-corrected chi connectivity index (χ3v) is 9.47.